The minimum Gasteiger partial charge on any atom is -0.341 e. The van der Waals surface area contributed by atoms with Crippen LogP contribution in [0.2, 0.25) is 0 Å². The Kier molecular flexibility index (Phi) is 2.09. The lowest BCUT2D eigenvalue weighted by atomic mass is 9.92. The number of allylic oxidation sites excluding steroid dienone is 2. The molecule has 0 spiro atoms. The van der Waals surface area contributed by atoms with Crippen molar-refractivity contribution in [3.05, 3.63) is 12.2 Å². The first-order valence-corrected chi connectivity index (χ1v) is 5.97. The third kappa shape index (κ3) is 1.49. The minimum atomic E-state index is 0.211. The van der Waals surface area contributed by atoms with E-state index in [9.17, 15) is 4.79 Å². The highest BCUT2D eigenvalue weighted by molar-refractivity contribution is 5.80. The van der Waals surface area contributed by atoms with E-state index in [2.05, 4.69) is 12.2 Å². The third-order valence-corrected chi connectivity index (χ3v) is 4.13. The van der Waals surface area contributed by atoms with E-state index in [4.69, 9.17) is 5.73 Å². The SMILES string of the molecule is N[C@@H]1CCN(C(=O)C2CC3C=CC2C3)C1. The van der Waals surface area contributed by atoms with E-state index in [0.29, 0.717) is 17.7 Å². The number of likely N-dealkylation sites (tertiary alicyclic amines) is 1. The third-order valence-electron chi connectivity index (χ3n) is 4.13. The summed E-state index contributed by atoms with van der Waals surface area (Å²) in [6.45, 7) is 1.65. The predicted octanol–water partition coefficient (Wildman–Crippen LogP) is 0.758. The van der Waals surface area contributed by atoms with Gasteiger partial charge in [0.05, 0.1) is 0 Å². The lowest BCUT2D eigenvalue weighted by molar-refractivity contribution is -0.135. The average molecular weight is 206 g/mol. The van der Waals surface area contributed by atoms with E-state index >= 15 is 0 Å². The monoisotopic (exact) mass is 206 g/mol. The Balaban J connectivity index is 1.68. The number of carbonyl (C=O) groups is 1. The van der Waals surface area contributed by atoms with Crippen LogP contribution in [-0.4, -0.2) is 29.9 Å². The Labute approximate surface area is 90.3 Å². The van der Waals surface area contributed by atoms with Crippen molar-refractivity contribution in [2.75, 3.05) is 13.1 Å². The smallest absolute Gasteiger partial charge is 0.226 e. The summed E-state index contributed by atoms with van der Waals surface area (Å²) in [5.41, 5.74) is 5.83. The van der Waals surface area contributed by atoms with Crippen molar-refractivity contribution in [3.63, 3.8) is 0 Å². The molecule has 1 saturated heterocycles. The Morgan fingerprint density at radius 3 is 2.73 bits per heavy atom. The van der Waals surface area contributed by atoms with Gasteiger partial charge >= 0.3 is 0 Å². The average Bonchev–Trinajstić information content (AvgIpc) is 2.90. The fourth-order valence-electron chi connectivity index (χ4n) is 3.29. The molecule has 2 N–H and O–H groups in total. The lowest BCUT2D eigenvalue weighted by Crippen LogP contribution is -2.37. The molecule has 4 atom stereocenters. The van der Waals surface area contributed by atoms with Gasteiger partial charge in [0.25, 0.3) is 0 Å². The summed E-state index contributed by atoms with van der Waals surface area (Å²) >= 11 is 0. The van der Waals surface area contributed by atoms with E-state index < -0.39 is 0 Å². The predicted molar refractivity (Wildman–Crippen MR) is 58.0 cm³/mol. The van der Waals surface area contributed by atoms with Crippen LogP contribution >= 0.6 is 0 Å². The molecule has 2 fully saturated rings. The summed E-state index contributed by atoms with van der Waals surface area (Å²) in [7, 11) is 0. The van der Waals surface area contributed by atoms with Gasteiger partial charge in [0, 0.05) is 25.0 Å². The van der Waals surface area contributed by atoms with Crippen LogP contribution in [0.1, 0.15) is 19.3 Å². The van der Waals surface area contributed by atoms with Crippen LogP contribution in [0, 0.1) is 17.8 Å². The van der Waals surface area contributed by atoms with Gasteiger partial charge < -0.3 is 10.6 Å². The van der Waals surface area contributed by atoms with Crippen molar-refractivity contribution < 1.29 is 4.79 Å². The van der Waals surface area contributed by atoms with Crippen molar-refractivity contribution in [1.29, 1.82) is 0 Å². The van der Waals surface area contributed by atoms with E-state index in [0.717, 1.165) is 25.9 Å². The van der Waals surface area contributed by atoms with Crippen molar-refractivity contribution >= 4 is 5.91 Å². The molecule has 3 aliphatic rings. The maximum atomic E-state index is 12.2. The second-order valence-corrected chi connectivity index (χ2v) is 5.22. The van der Waals surface area contributed by atoms with E-state index in [1.165, 1.54) is 6.42 Å². The Bertz CT molecular complexity index is 313. The molecule has 1 aliphatic heterocycles. The molecule has 0 aromatic rings. The Morgan fingerprint density at radius 1 is 1.33 bits per heavy atom. The van der Waals surface area contributed by atoms with E-state index in [1.807, 2.05) is 4.90 Å². The van der Waals surface area contributed by atoms with Crippen LogP contribution in [-0.2, 0) is 4.79 Å². The fourth-order valence-corrected chi connectivity index (χ4v) is 3.29. The molecule has 3 nitrogen and oxygen atoms in total. The minimum absolute atomic E-state index is 0.211. The van der Waals surface area contributed by atoms with Crippen molar-refractivity contribution in [3.8, 4) is 0 Å². The molecule has 2 bridgehead atoms. The molecular weight excluding hydrogens is 188 g/mol. The van der Waals surface area contributed by atoms with Crippen LogP contribution in [0.15, 0.2) is 12.2 Å². The summed E-state index contributed by atoms with van der Waals surface area (Å²) in [6.07, 6.45) is 7.78. The van der Waals surface area contributed by atoms with Gasteiger partial charge in [-0.2, -0.15) is 0 Å². The van der Waals surface area contributed by atoms with Gasteiger partial charge in [0.15, 0.2) is 0 Å². The van der Waals surface area contributed by atoms with Gasteiger partial charge in [-0.25, -0.2) is 0 Å². The molecule has 2 aliphatic carbocycles. The zero-order valence-corrected chi connectivity index (χ0v) is 8.93. The molecule has 3 rings (SSSR count). The first-order chi connectivity index (χ1) is 7.24. The first kappa shape index (κ1) is 9.40. The highest BCUT2D eigenvalue weighted by Gasteiger charge is 2.42. The second-order valence-electron chi connectivity index (χ2n) is 5.22. The van der Waals surface area contributed by atoms with Gasteiger partial charge in [-0.15, -0.1) is 0 Å². The van der Waals surface area contributed by atoms with Crippen LogP contribution < -0.4 is 5.73 Å². The largest absolute Gasteiger partial charge is 0.341 e. The number of nitrogens with zero attached hydrogens (tertiary/aromatic N) is 1. The van der Waals surface area contributed by atoms with Crippen molar-refractivity contribution in [1.82, 2.24) is 4.90 Å². The van der Waals surface area contributed by atoms with Crippen LogP contribution in [0.4, 0.5) is 0 Å². The fraction of sp³-hybridized carbons (Fsp3) is 0.750. The summed E-state index contributed by atoms with van der Waals surface area (Å²) in [6, 6.07) is 0.211. The normalized spacial score (nSPS) is 42.9. The van der Waals surface area contributed by atoms with Crippen molar-refractivity contribution in [2.24, 2.45) is 23.5 Å². The lowest BCUT2D eigenvalue weighted by Gasteiger charge is -2.24. The highest BCUT2D eigenvalue weighted by Crippen LogP contribution is 2.44. The zero-order chi connectivity index (χ0) is 10.4. The number of hydrogen-bond acceptors (Lipinski definition) is 2. The summed E-state index contributed by atoms with van der Waals surface area (Å²) in [4.78, 5) is 14.2. The number of hydrogen-bond donors (Lipinski definition) is 1. The maximum Gasteiger partial charge on any atom is 0.226 e. The van der Waals surface area contributed by atoms with E-state index in [1.54, 1.807) is 0 Å². The Morgan fingerprint density at radius 2 is 2.20 bits per heavy atom. The zero-order valence-electron chi connectivity index (χ0n) is 8.93. The molecule has 1 saturated carbocycles. The Hall–Kier alpha value is -0.830. The molecule has 3 heteroatoms. The van der Waals surface area contributed by atoms with Gasteiger partial charge in [-0.1, -0.05) is 12.2 Å². The van der Waals surface area contributed by atoms with Crippen LogP contribution in [0.5, 0.6) is 0 Å². The van der Waals surface area contributed by atoms with Crippen molar-refractivity contribution in [2.45, 2.75) is 25.3 Å². The first-order valence-electron chi connectivity index (χ1n) is 5.97. The molecule has 82 valence electrons. The second kappa shape index (κ2) is 3.34. The quantitative estimate of drug-likeness (QED) is 0.644. The van der Waals surface area contributed by atoms with Gasteiger partial charge in [0.2, 0.25) is 5.91 Å². The van der Waals surface area contributed by atoms with Gasteiger partial charge in [-0.3, -0.25) is 4.79 Å². The molecular formula is C12H18N2O. The molecule has 3 unspecified atom stereocenters. The summed E-state index contributed by atoms with van der Waals surface area (Å²) in [5.74, 6) is 1.84. The number of nitrogens with two attached hydrogens (primary N) is 1. The number of carbonyl (C=O) groups excluding carboxylic acids is 1. The summed E-state index contributed by atoms with van der Waals surface area (Å²) < 4.78 is 0. The molecule has 0 aromatic heterocycles. The van der Waals surface area contributed by atoms with Gasteiger partial charge in [0.1, 0.15) is 0 Å². The molecule has 1 heterocycles. The van der Waals surface area contributed by atoms with Crippen LogP contribution in [0.3, 0.4) is 0 Å². The maximum absolute atomic E-state index is 12.2. The summed E-state index contributed by atoms with van der Waals surface area (Å²) in [5, 5.41) is 0. The van der Waals surface area contributed by atoms with Crippen LogP contribution in [0.25, 0.3) is 0 Å². The van der Waals surface area contributed by atoms with E-state index in [-0.39, 0.29) is 12.0 Å². The van der Waals surface area contributed by atoms with Gasteiger partial charge in [-0.05, 0) is 31.1 Å². The highest BCUT2D eigenvalue weighted by atomic mass is 16.2. The molecule has 0 aromatic carbocycles. The molecule has 15 heavy (non-hydrogen) atoms. The topological polar surface area (TPSA) is 46.3 Å². The standard InChI is InChI=1S/C12H18N2O/c13-10-3-4-14(7-10)12(15)11-6-8-1-2-9(11)5-8/h1-2,8-11H,3-7,13H2/t8?,9?,10-,11?/m1/s1. The number of rotatable bonds is 1. The molecule has 1 amide bonds. The number of amides is 1. The molecule has 0 radical (unpaired) electrons. The number of fused-ring (bicyclic) bond motifs is 2.